The maximum Gasteiger partial charge on any atom is 0.433 e. The SMILES string of the molecule is OC1C=C(c2cccc(C(F)(F)F)n2)c2ccccc21. The number of aliphatic hydroxyl groups excluding tert-OH is 1. The first kappa shape index (κ1) is 12.9. The molecule has 1 atom stereocenters. The average molecular weight is 277 g/mol. The summed E-state index contributed by atoms with van der Waals surface area (Å²) in [5.74, 6) is 0. The number of halogens is 3. The maximum atomic E-state index is 12.7. The van der Waals surface area contributed by atoms with Crippen LogP contribution in [-0.2, 0) is 6.18 Å². The van der Waals surface area contributed by atoms with Gasteiger partial charge in [0.05, 0.1) is 11.8 Å². The molecule has 1 aliphatic rings. The highest BCUT2D eigenvalue weighted by Crippen LogP contribution is 2.38. The van der Waals surface area contributed by atoms with E-state index in [2.05, 4.69) is 4.98 Å². The number of alkyl halides is 3. The van der Waals surface area contributed by atoms with Crippen LogP contribution < -0.4 is 0 Å². The maximum absolute atomic E-state index is 12.7. The van der Waals surface area contributed by atoms with E-state index in [1.54, 1.807) is 24.3 Å². The van der Waals surface area contributed by atoms with Crippen LogP contribution in [0.1, 0.15) is 28.6 Å². The molecule has 2 aromatic rings. The second-order valence-corrected chi connectivity index (χ2v) is 4.52. The summed E-state index contributed by atoms with van der Waals surface area (Å²) in [6.07, 6.45) is -3.77. The van der Waals surface area contributed by atoms with Crippen LogP contribution in [0.4, 0.5) is 13.2 Å². The molecule has 0 radical (unpaired) electrons. The fourth-order valence-electron chi connectivity index (χ4n) is 2.30. The van der Waals surface area contributed by atoms with Gasteiger partial charge in [-0.05, 0) is 29.3 Å². The van der Waals surface area contributed by atoms with E-state index in [0.29, 0.717) is 16.7 Å². The summed E-state index contributed by atoms with van der Waals surface area (Å²) in [6.45, 7) is 0. The van der Waals surface area contributed by atoms with Crippen molar-refractivity contribution in [2.45, 2.75) is 12.3 Å². The van der Waals surface area contributed by atoms with Crippen molar-refractivity contribution in [3.05, 3.63) is 71.1 Å². The standard InChI is InChI=1S/C15H10F3NO/c16-15(17,18)14-7-3-6-12(19-14)11-8-13(20)10-5-2-1-4-9(10)11/h1-8,13,20H. The molecule has 1 heterocycles. The van der Waals surface area contributed by atoms with Gasteiger partial charge in [-0.2, -0.15) is 13.2 Å². The summed E-state index contributed by atoms with van der Waals surface area (Å²) in [7, 11) is 0. The van der Waals surface area contributed by atoms with Crippen molar-refractivity contribution in [2.75, 3.05) is 0 Å². The highest BCUT2D eigenvalue weighted by Gasteiger charge is 2.33. The van der Waals surface area contributed by atoms with E-state index in [1.165, 1.54) is 18.2 Å². The number of rotatable bonds is 1. The van der Waals surface area contributed by atoms with E-state index in [1.807, 2.05) is 0 Å². The molecule has 1 aliphatic carbocycles. The van der Waals surface area contributed by atoms with Crippen LogP contribution in [0.5, 0.6) is 0 Å². The topological polar surface area (TPSA) is 33.1 Å². The summed E-state index contributed by atoms with van der Waals surface area (Å²) >= 11 is 0. The molecule has 1 unspecified atom stereocenters. The molecule has 1 aromatic heterocycles. The Morgan fingerprint density at radius 3 is 2.50 bits per heavy atom. The third-order valence-electron chi connectivity index (χ3n) is 3.21. The zero-order chi connectivity index (χ0) is 14.3. The first-order valence-electron chi connectivity index (χ1n) is 6.00. The quantitative estimate of drug-likeness (QED) is 0.864. The van der Waals surface area contributed by atoms with Crippen molar-refractivity contribution in [3.63, 3.8) is 0 Å². The lowest BCUT2D eigenvalue weighted by atomic mass is 10.0. The molecular formula is C15H10F3NO. The van der Waals surface area contributed by atoms with Crippen LogP contribution in [0.2, 0.25) is 0 Å². The molecule has 0 saturated carbocycles. The van der Waals surface area contributed by atoms with Crippen molar-refractivity contribution in [2.24, 2.45) is 0 Å². The van der Waals surface area contributed by atoms with Gasteiger partial charge >= 0.3 is 6.18 Å². The van der Waals surface area contributed by atoms with Crippen molar-refractivity contribution >= 4 is 5.57 Å². The van der Waals surface area contributed by atoms with Gasteiger partial charge in [0.15, 0.2) is 0 Å². The summed E-state index contributed by atoms with van der Waals surface area (Å²) in [4.78, 5) is 3.65. The van der Waals surface area contributed by atoms with Gasteiger partial charge < -0.3 is 5.11 Å². The Bertz CT molecular complexity index is 692. The third-order valence-corrected chi connectivity index (χ3v) is 3.21. The van der Waals surface area contributed by atoms with Gasteiger partial charge in [-0.25, -0.2) is 4.98 Å². The average Bonchev–Trinajstić information content (AvgIpc) is 2.76. The lowest BCUT2D eigenvalue weighted by Crippen LogP contribution is -2.08. The predicted octanol–water partition coefficient (Wildman–Crippen LogP) is 3.58. The Hall–Kier alpha value is -2.14. The molecule has 0 aliphatic heterocycles. The molecule has 2 nitrogen and oxygen atoms in total. The minimum absolute atomic E-state index is 0.212. The second-order valence-electron chi connectivity index (χ2n) is 4.52. The van der Waals surface area contributed by atoms with E-state index >= 15 is 0 Å². The summed E-state index contributed by atoms with van der Waals surface area (Å²) < 4.78 is 38.1. The molecule has 3 rings (SSSR count). The van der Waals surface area contributed by atoms with Gasteiger partial charge in [0.1, 0.15) is 5.69 Å². The van der Waals surface area contributed by atoms with E-state index < -0.39 is 18.0 Å². The Morgan fingerprint density at radius 1 is 1.00 bits per heavy atom. The number of hydrogen-bond acceptors (Lipinski definition) is 2. The van der Waals surface area contributed by atoms with E-state index in [9.17, 15) is 18.3 Å². The fourth-order valence-corrected chi connectivity index (χ4v) is 2.30. The highest BCUT2D eigenvalue weighted by atomic mass is 19.4. The number of aromatic nitrogens is 1. The molecule has 1 N–H and O–H groups in total. The van der Waals surface area contributed by atoms with Crippen LogP contribution in [-0.4, -0.2) is 10.1 Å². The largest absolute Gasteiger partial charge is 0.433 e. The molecule has 20 heavy (non-hydrogen) atoms. The van der Waals surface area contributed by atoms with Crippen LogP contribution in [0.15, 0.2) is 48.5 Å². The molecule has 102 valence electrons. The summed E-state index contributed by atoms with van der Waals surface area (Å²) in [5, 5.41) is 9.92. The zero-order valence-corrected chi connectivity index (χ0v) is 10.2. The lowest BCUT2D eigenvalue weighted by molar-refractivity contribution is -0.141. The highest BCUT2D eigenvalue weighted by molar-refractivity contribution is 5.83. The number of fused-ring (bicyclic) bond motifs is 1. The summed E-state index contributed by atoms with van der Waals surface area (Å²) in [6, 6.07) is 10.8. The Balaban J connectivity index is 2.10. The number of pyridine rings is 1. The summed E-state index contributed by atoms with van der Waals surface area (Å²) in [5.41, 5.74) is 1.20. The van der Waals surface area contributed by atoms with Crippen LogP contribution in [0.25, 0.3) is 5.57 Å². The van der Waals surface area contributed by atoms with Crippen LogP contribution in [0, 0.1) is 0 Å². The van der Waals surface area contributed by atoms with Gasteiger partial charge in [-0.1, -0.05) is 30.3 Å². The normalized spacial score (nSPS) is 17.8. The number of aliphatic hydroxyl groups is 1. The number of hydrogen-bond donors (Lipinski definition) is 1. The Labute approximate surface area is 113 Å². The monoisotopic (exact) mass is 277 g/mol. The molecule has 0 saturated heterocycles. The van der Waals surface area contributed by atoms with Crippen molar-refractivity contribution in [3.8, 4) is 0 Å². The molecule has 1 aromatic carbocycles. The predicted molar refractivity (Wildman–Crippen MR) is 67.7 cm³/mol. The lowest BCUT2D eigenvalue weighted by Gasteiger charge is -2.09. The first-order chi connectivity index (χ1) is 9.47. The van der Waals surface area contributed by atoms with Gasteiger partial charge in [-0.3, -0.25) is 0 Å². The third kappa shape index (κ3) is 2.10. The fraction of sp³-hybridized carbons (Fsp3) is 0.133. The molecule has 0 amide bonds. The number of benzene rings is 1. The Kier molecular flexibility index (Phi) is 2.87. The second kappa shape index (κ2) is 4.45. The van der Waals surface area contributed by atoms with Gasteiger partial charge in [0, 0.05) is 5.57 Å². The first-order valence-corrected chi connectivity index (χ1v) is 6.00. The molecule has 0 fully saturated rings. The Morgan fingerprint density at radius 2 is 1.75 bits per heavy atom. The van der Waals surface area contributed by atoms with E-state index in [0.717, 1.165) is 6.07 Å². The smallest absolute Gasteiger partial charge is 0.384 e. The van der Waals surface area contributed by atoms with Crippen LogP contribution in [0.3, 0.4) is 0 Å². The molecule has 5 heteroatoms. The van der Waals surface area contributed by atoms with Gasteiger partial charge in [0.25, 0.3) is 0 Å². The van der Waals surface area contributed by atoms with Crippen molar-refractivity contribution < 1.29 is 18.3 Å². The zero-order valence-electron chi connectivity index (χ0n) is 10.2. The molecule has 0 bridgehead atoms. The van der Waals surface area contributed by atoms with E-state index in [-0.39, 0.29) is 5.69 Å². The minimum atomic E-state index is -4.48. The van der Waals surface area contributed by atoms with Crippen molar-refractivity contribution in [1.82, 2.24) is 4.98 Å². The molecule has 0 spiro atoms. The van der Waals surface area contributed by atoms with Crippen molar-refractivity contribution in [1.29, 1.82) is 0 Å². The van der Waals surface area contributed by atoms with Crippen LogP contribution >= 0.6 is 0 Å². The van der Waals surface area contributed by atoms with E-state index in [4.69, 9.17) is 0 Å². The van der Waals surface area contributed by atoms with Gasteiger partial charge in [0.2, 0.25) is 0 Å². The van der Waals surface area contributed by atoms with Gasteiger partial charge in [-0.15, -0.1) is 0 Å². The molecular weight excluding hydrogens is 267 g/mol. The minimum Gasteiger partial charge on any atom is -0.384 e. The number of nitrogens with zero attached hydrogens (tertiary/aromatic N) is 1.